The van der Waals surface area contributed by atoms with Crippen molar-refractivity contribution in [3.63, 3.8) is 0 Å². The molecule has 3 rings (SSSR count). The van der Waals surface area contributed by atoms with Crippen molar-refractivity contribution in [2.75, 3.05) is 7.11 Å². The Balaban J connectivity index is 1.89. The molecular formula is C17H15NO. The first-order chi connectivity index (χ1) is 9.36. The zero-order chi connectivity index (χ0) is 13.1. The van der Waals surface area contributed by atoms with Gasteiger partial charge in [0.05, 0.1) is 7.11 Å². The van der Waals surface area contributed by atoms with Gasteiger partial charge in [0, 0.05) is 11.9 Å². The van der Waals surface area contributed by atoms with Crippen LogP contribution in [0.3, 0.4) is 0 Å². The number of methoxy groups -OCH3 is 1. The highest BCUT2D eigenvalue weighted by Gasteiger charge is 2.01. The average molecular weight is 249 g/mol. The third kappa shape index (κ3) is 2.38. The van der Waals surface area contributed by atoms with Crippen LogP contribution in [0.2, 0.25) is 0 Å². The number of rotatable bonds is 3. The maximum atomic E-state index is 5.17. The van der Waals surface area contributed by atoms with Crippen molar-refractivity contribution in [1.82, 2.24) is 4.98 Å². The van der Waals surface area contributed by atoms with Crippen LogP contribution >= 0.6 is 0 Å². The van der Waals surface area contributed by atoms with Crippen LogP contribution in [0.1, 0.15) is 0 Å². The van der Waals surface area contributed by atoms with Crippen LogP contribution in [0.15, 0.2) is 66.9 Å². The predicted molar refractivity (Wildman–Crippen MR) is 78.2 cm³/mol. The molecule has 1 N–H and O–H groups in total. The van der Waals surface area contributed by atoms with Crippen LogP contribution in [-0.4, -0.2) is 12.1 Å². The monoisotopic (exact) mass is 249 g/mol. The van der Waals surface area contributed by atoms with E-state index in [4.69, 9.17) is 4.74 Å². The van der Waals surface area contributed by atoms with E-state index in [0.29, 0.717) is 0 Å². The lowest BCUT2D eigenvalue weighted by atomic mass is 10.0. The molecule has 2 nitrogen and oxygen atoms in total. The fourth-order valence-electron chi connectivity index (χ4n) is 2.14. The first-order valence-electron chi connectivity index (χ1n) is 6.25. The summed E-state index contributed by atoms with van der Waals surface area (Å²) in [5.74, 6) is 0.881. The highest BCUT2D eigenvalue weighted by Crippen LogP contribution is 2.25. The van der Waals surface area contributed by atoms with E-state index >= 15 is 0 Å². The molecule has 0 fully saturated rings. The van der Waals surface area contributed by atoms with Crippen molar-refractivity contribution < 1.29 is 4.74 Å². The van der Waals surface area contributed by atoms with E-state index in [1.54, 1.807) is 7.11 Å². The van der Waals surface area contributed by atoms with Crippen LogP contribution < -0.4 is 4.74 Å². The minimum Gasteiger partial charge on any atom is -0.497 e. The number of hydrogen-bond donors (Lipinski definition) is 1. The van der Waals surface area contributed by atoms with Gasteiger partial charge in [-0.05, 0) is 41.0 Å². The minimum absolute atomic E-state index is 0.881. The van der Waals surface area contributed by atoms with Gasteiger partial charge in [-0.15, -0.1) is 0 Å². The highest BCUT2D eigenvalue weighted by molar-refractivity contribution is 5.69. The van der Waals surface area contributed by atoms with Gasteiger partial charge in [0.2, 0.25) is 0 Å². The molecule has 0 aliphatic rings. The fraction of sp³-hybridized carbons (Fsp3) is 0.0588. The molecule has 0 bridgehead atoms. The van der Waals surface area contributed by atoms with Gasteiger partial charge >= 0.3 is 0 Å². The Morgan fingerprint density at radius 3 is 1.84 bits per heavy atom. The molecule has 0 unspecified atom stereocenters. The summed E-state index contributed by atoms with van der Waals surface area (Å²) in [7, 11) is 1.68. The number of benzene rings is 2. The van der Waals surface area contributed by atoms with Gasteiger partial charge in [0.15, 0.2) is 0 Å². The smallest absolute Gasteiger partial charge is 0.118 e. The predicted octanol–water partition coefficient (Wildman–Crippen LogP) is 4.36. The maximum absolute atomic E-state index is 5.17. The molecule has 0 spiro atoms. The molecule has 0 aliphatic carbocycles. The van der Waals surface area contributed by atoms with Gasteiger partial charge in [0.25, 0.3) is 0 Å². The fourth-order valence-corrected chi connectivity index (χ4v) is 2.14. The van der Waals surface area contributed by atoms with Gasteiger partial charge in [-0.2, -0.15) is 0 Å². The van der Waals surface area contributed by atoms with Crippen molar-refractivity contribution >= 4 is 0 Å². The van der Waals surface area contributed by atoms with Crippen LogP contribution in [0.5, 0.6) is 5.75 Å². The summed E-state index contributed by atoms with van der Waals surface area (Å²) in [6, 6.07) is 20.7. The lowest BCUT2D eigenvalue weighted by molar-refractivity contribution is 0.415. The molecule has 1 aromatic heterocycles. The normalized spacial score (nSPS) is 10.4. The summed E-state index contributed by atoms with van der Waals surface area (Å²) in [6.07, 6.45) is 1.94. The molecule has 0 saturated carbocycles. The molecule has 0 saturated heterocycles. The number of hydrogen-bond acceptors (Lipinski definition) is 1. The molecule has 2 heteroatoms. The quantitative estimate of drug-likeness (QED) is 0.733. The molecule has 0 aliphatic heterocycles. The zero-order valence-electron chi connectivity index (χ0n) is 10.8. The number of H-pyrrole nitrogens is 1. The molecule has 0 amide bonds. The SMILES string of the molecule is COc1ccc(-c2ccc(-c3ccc[nH]3)cc2)cc1. The summed E-state index contributed by atoms with van der Waals surface area (Å²) in [6.45, 7) is 0. The topological polar surface area (TPSA) is 25.0 Å². The Bertz CT molecular complexity index is 637. The Hall–Kier alpha value is -2.48. The van der Waals surface area contributed by atoms with Crippen LogP contribution in [0.25, 0.3) is 22.4 Å². The molecule has 1 heterocycles. The van der Waals surface area contributed by atoms with E-state index in [9.17, 15) is 0 Å². The lowest BCUT2D eigenvalue weighted by Crippen LogP contribution is -1.83. The average Bonchev–Trinajstić information content (AvgIpc) is 3.02. The Morgan fingerprint density at radius 2 is 1.32 bits per heavy atom. The van der Waals surface area contributed by atoms with Crippen molar-refractivity contribution in [3.8, 4) is 28.1 Å². The lowest BCUT2D eigenvalue weighted by Gasteiger charge is -2.05. The molecule has 94 valence electrons. The van der Waals surface area contributed by atoms with Gasteiger partial charge in [-0.1, -0.05) is 36.4 Å². The number of ether oxygens (including phenoxy) is 1. The third-order valence-corrected chi connectivity index (χ3v) is 3.22. The second kappa shape index (κ2) is 5.02. The van der Waals surface area contributed by atoms with Gasteiger partial charge in [-0.25, -0.2) is 0 Å². The Labute approximate surface area is 112 Å². The maximum Gasteiger partial charge on any atom is 0.118 e. The van der Waals surface area contributed by atoms with E-state index in [1.165, 1.54) is 16.7 Å². The Morgan fingerprint density at radius 1 is 0.737 bits per heavy atom. The minimum atomic E-state index is 0.881. The van der Waals surface area contributed by atoms with E-state index in [0.717, 1.165) is 11.4 Å². The summed E-state index contributed by atoms with van der Waals surface area (Å²) in [5, 5.41) is 0. The van der Waals surface area contributed by atoms with Gasteiger partial charge in [-0.3, -0.25) is 0 Å². The number of aromatic amines is 1. The standard InChI is InChI=1S/C17H15NO/c1-19-16-10-8-14(9-11-16)13-4-6-15(7-5-13)17-3-2-12-18-17/h2-12,18H,1H3. The molecule has 19 heavy (non-hydrogen) atoms. The van der Waals surface area contributed by atoms with Crippen LogP contribution in [-0.2, 0) is 0 Å². The largest absolute Gasteiger partial charge is 0.497 e. The first kappa shape index (κ1) is 11.6. The molecule has 0 radical (unpaired) electrons. The second-order valence-corrected chi connectivity index (χ2v) is 4.39. The van der Waals surface area contributed by atoms with Gasteiger partial charge in [0.1, 0.15) is 5.75 Å². The Kier molecular flexibility index (Phi) is 3.07. The highest BCUT2D eigenvalue weighted by atomic mass is 16.5. The van der Waals surface area contributed by atoms with Crippen molar-refractivity contribution in [1.29, 1.82) is 0 Å². The number of aromatic nitrogens is 1. The van der Waals surface area contributed by atoms with Crippen molar-refractivity contribution in [3.05, 3.63) is 66.9 Å². The second-order valence-electron chi connectivity index (χ2n) is 4.39. The first-order valence-corrected chi connectivity index (χ1v) is 6.25. The van der Waals surface area contributed by atoms with Crippen LogP contribution in [0.4, 0.5) is 0 Å². The molecule has 3 aromatic rings. The zero-order valence-corrected chi connectivity index (χ0v) is 10.8. The van der Waals surface area contributed by atoms with E-state index in [-0.39, 0.29) is 0 Å². The van der Waals surface area contributed by atoms with Gasteiger partial charge < -0.3 is 9.72 Å². The van der Waals surface area contributed by atoms with E-state index in [2.05, 4.69) is 47.4 Å². The molecule has 2 aromatic carbocycles. The molecular weight excluding hydrogens is 234 g/mol. The molecule has 0 atom stereocenters. The van der Waals surface area contributed by atoms with Crippen LogP contribution in [0, 0.1) is 0 Å². The summed E-state index contributed by atoms with van der Waals surface area (Å²) < 4.78 is 5.17. The van der Waals surface area contributed by atoms with E-state index in [1.807, 2.05) is 24.4 Å². The summed E-state index contributed by atoms with van der Waals surface area (Å²) in [5.41, 5.74) is 4.74. The third-order valence-electron chi connectivity index (χ3n) is 3.22. The van der Waals surface area contributed by atoms with Crippen molar-refractivity contribution in [2.45, 2.75) is 0 Å². The summed E-state index contributed by atoms with van der Waals surface area (Å²) in [4.78, 5) is 3.21. The van der Waals surface area contributed by atoms with Crippen molar-refractivity contribution in [2.24, 2.45) is 0 Å². The van der Waals surface area contributed by atoms with E-state index < -0.39 is 0 Å². The number of nitrogens with one attached hydrogen (secondary N) is 1. The summed E-state index contributed by atoms with van der Waals surface area (Å²) >= 11 is 0.